The number of rotatable bonds is 8. The van der Waals surface area contributed by atoms with Crippen LogP contribution < -0.4 is 5.32 Å². The van der Waals surface area contributed by atoms with Crippen LogP contribution in [0.15, 0.2) is 24.3 Å². The van der Waals surface area contributed by atoms with Crippen molar-refractivity contribution in [2.24, 2.45) is 0 Å². The summed E-state index contributed by atoms with van der Waals surface area (Å²) in [7, 11) is 0. The van der Waals surface area contributed by atoms with Gasteiger partial charge in [0.25, 0.3) is 0 Å². The Morgan fingerprint density at radius 1 is 1.24 bits per heavy atom. The molecule has 1 aromatic carbocycles. The molecular weight excluding hydrogens is 335 g/mol. The maximum atomic E-state index is 12.7. The molecule has 0 aliphatic rings. The van der Waals surface area contributed by atoms with Gasteiger partial charge in [-0.05, 0) is 23.8 Å². The molecule has 0 aliphatic heterocycles. The quantitative estimate of drug-likeness (QED) is 0.739. The van der Waals surface area contributed by atoms with E-state index in [1.54, 1.807) is 0 Å². The molecule has 0 saturated heterocycles. The van der Waals surface area contributed by atoms with Crippen molar-refractivity contribution in [2.75, 3.05) is 6.54 Å². The lowest BCUT2D eigenvalue weighted by atomic mass is 10.1. The van der Waals surface area contributed by atoms with Crippen molar-refractivity contribution in [1.82, 2.24) is 25.5 Å². The minimum atomic E-state index is -4.44. The monoisotopic (exact) mass is 355 g/mol. The highest BCUT2D eigenvalue weighted by atomic mass is 19.4. The van der Waals surface area contributed by atoms with E-state index in [9.17, 15) is 18.0 Å². The van der Waals surface area contributed by atoms with Crippen LogP contribution in [-0.2, 0) is 17.5 Å². The molecule has 136 valence electrons. The van der Waals surface area contributed by atoms with Gasteiger partial charge in [0.05, 0.1) is 5.56 Å². The average molecular weight is 355 g/mol. The van der Waals surface area contributed by atoms with E-state index in [0.717, 1.165) is 42.6 Å². The SMILES string of the molecule is CCCCCCNC(=O)Cn1nnc(-c2cccc(C(F)(F)F)c2)n1. The third kappa shape index (κ3) is 5.84. The number of tetrazole rings is 1. The molecule has 0 radical (unpaired) electrons. The number of carbonyl (C=O) groups excluding carboxylic acids is 1. The lowest BCUT2D eigenvalue weighted by Crippen LogP contribution is -2.29. The Morgan fingerprint density at radius 3 is 2.76 bits per heavy atom. The second kappa shape index (κ2) is 8.59. The Balaban J connectivity index is 1.93. The number of halogens is 3. The van der Waals surface area contributed by atoms with Crippen LogP contribution in [0.4, 0.5) is 13.2 Å². The Morgan fingerprint density at radius 2 is 2.04 bits per heavy atom. The van der Waals surface area contributed by atoms with Crippen LogP contribution in [0.2, 0.25) is 0 Å². The number of nitrogens with zero attached hydrogens (tertiary/aromatic N) is 4. The van der Waals surface area contributed by atoms with Gasteiger partial charge in [-0.3, -0.25) is 4.79 Å². The first-order valence-corrected chi connectivity index (χ1v) is 8.12. The predicted molar refractivity (Wildman–Crippen MR) is 85.4 cm³/mol. The van der Waals surface area contributed by atoms with Crippen molar-refractivity contribution in [1.29, 1.82) is 0 Å². The van der Waals surface area contributed by atoms with Gasteiger partial charge in [0.2, 0.25) is 11.7 Å². The molecule has 25 heavy (non-hydrogen) atoms. The third-order valence-electron chi connectivity index (χ3n) is 3.54. The molecule has 0 atom stereocenters. The first-order chi connectivity index (χ1) is 11.9. The van der Waals surface area contributed by atoms with Crippen LogP contribution in [0.25, 0.3) is 11.4 Å². The fourth-order valence-corrected chi connectivity index (χ4v) is 2.22. The Labute approximate surface area is 143 Å². The number of alkyl halides is 3. The van der Waals surface area contributed by atoms with Gasteiger partial charge in [0.1, 0.15) is 6.54 Å². The van der Waals surface area contributed by atoms with Gasteiger partial charge in [-0.1, -0.05) is 38.3 Å². The van der Waals surface area contributed by atoms with E-state index >= 15 is 0 Å². The molecule has 9 heteroatoms. The minimum absolute atomic E-state index is 0.0434. The Bertz CT molecular complexity index is 699. The molecule has 1 heterocycles. The molecule has 0 saturated carbocycles. The van der Waals surface area contributed by atoms with Crippen LogP contribution in [-0.4, -0.2) is 32.7 Å². The van der Waals surface area contributed by atoms with Crippen LogP contribution in [0.3, 0.4) is 0 Å². The highest BCUT2D eigenvalue weighted by molar-refractivity contribution is 5.75. The summed E-state index contributed by atoms with van der Waals surface area (Å²) in [6, 6.07) is 4.67. The molecule has 2 aromatic rings. The molecule has 0 spiro atoms. The molecule has 0 unspecified atom stereocenters. The molecule has 6 nitrogen and oxygen atoms in total. The zero-order valence-corrected chi connectivity index (χ0v) is 13.9. The second-order valence-electron chi connectivity index (χ2n) is 5.63. The molecule has 1 N–H and O–H groups in total. The molecule has 1 amide bonds. The summed E-state index contributed by atoms with van der Waals surface area (Å²) in [4.78, 5) is 12.9. The summed E-state index contributed by atoms with van der Waals surface area (Å²) in [6.07, 6.45) is -0.239. The van der Waals surface area contributed by atoms with Crippen LogP contribution >= 0.6 is 0 Å². The van der Waals surface area contributed by atoms with E-state index in [1.807, 2.05) is 0 Å². The van der Waals surface area contributed by atoms with Crippen molar-refractivity contribution >= 4 is 5.91 Å². The van der Waals surface area contributed by atoms with Crippen LogP contribution in [0.5, 0.6) is 0 Å². The van der Waals surface area contributed by atoms with Crippen LogP contribution in [0, 0.1) is 0 Å². The molecule has 0 bridgehead atoms. The zero-order valence-electron chi connectivity index (χ0n) is 13.9. The van der Waals surface area contributed by atoms with Gasteiger partial charge in [-0.25, -0.2) is 0 Å². The van der Waals surface area contributed by atoms with Crippen molar-refractivity contribution in [3.63, 3.8) is 0 Å². The molecule has 0 aliphatic carbocycles. The highest BCUT2D eigenvalue weighted by Gasteiger charge is 2.30. The van der Waals surface area contributed by atoms with E-state index < -0.39 is 11.7 Å². The lowest BCUT2D eigenvalue weighted by Gasteiger charge is -2.06. The van der Waals surface area contributed by atoms with E-state index in [0.29, 0.717) is 6.54 Å². The molecular formula is C16H20F3N5O. The lowest BCUT2D eigenvalue weighted by molar-refractivity contribution is -0.137. The number of unbranched alkanes of at least 4 members (excludes halogenated alkanes) is 3. The normalized spacial score (nSPS) is 11.5. The summed E-state index contributed by atoms with van der Waals surface area (Å²) in [5.41, 5.74) is -0.591. The van der Waals surface area contributed by atoms with Crippen molar-refractivity contribution in [3.05, 3.63) is 29.8 Å². The molecule has 0 fully saturated rings. The van der Waals surface area contributed by atoms with E-state index in [-0.39, 0.29) is 23.8 Å². The molecule has 1 aromatic heterocycles. The van der Waals surface area contributed by atoms with Gasteiger partial charge in [0.15, 0.2) is 0 Å². The average Bonchev–Trinajstić information content (AvgIpc) is 3.02. The van der Waals surface area contributed by atoms with E-state index in [1.165, 1.54) is 12.1 Å². The number of aromatic nitrogens is 4. The van der Waals surface area contributed by atoms with Gasteiger partial charge in [0, 0.05) is 12.1 Å². The first kappa shape index (κ1) is 18.9. The summed E-state index contributed by atoms with van der Waals surface area (Å²) < 4.78 is 38.2. The number of benzene rings is 1. The van der Waals surface area contributed by atoms with Crippen molar-refractivity contribution in [3.8, 4) is 11.4 Å². The standard InChI is InChI=1S/C16H20F3N5O/c1-2-3-4-5-9-20-14(25)11-24-22-15(21-23-24)12-7-6-8-13(10-12)16(17,18)19/h6-8,10H,2-5,9,11H2,1H3,(H,20,25). The predicted octanol–water partition coefficient (Wildman–Crippen LogP) is 3.06. The number of hydrogen-bond donors (Lipinski definition) is 1. The fourth-order valence-electron chi connectivity index (χ4n) is 2.22. The minimum Gasteiger partial charge on any atom is -0.354 e. The van der Waals surface area contributed by atoms with Gasteiger partial charge >= 0.3 is 6.18 Å². The van der Waals surface area contributed by atoms with Gasteiger partial charge in [-0.2, -0.15) is 18.0 Å². The third-order valence-corrected chi connectivity index (χ3v) is 3.54. The summed E-state index contributed by atoms with van der Waals surface area (Å²) in [5.74, 6) is -0.216. The van der Waals surface area contributed by atoms with Crippen molar-refractivity contribution in [2.45, 2.75) is 45.3 Å². The largest absolute Gasteiger partial charge is 0.416 e. The smallest absolute Gasteiger partial charge is 0.354 e. The van der Waals surface area contributed by atoms with Crippen molar-refractivity contribution < 1.29 is 18.0 Å². The fraction of sp³-hybridized carbons (Fsp3) is 0.500. The maximum Gasteiger partial charge on any atom is 0.416 e. The van der Waals surface area contributed by atoms with E-state index in [4.69, 9.17) is 0 Å². The first-order valence-electron chi connectivity index (χ1n) is 8.12. The van der Waals surface area contributed by atoms with Gasteiger partial charge < -0.3 is 5.32 Å². The molecule has 2 rings (SSSR count). The number of carbonyl (C=O) groups is 1. The van der Waals surface area contributed by atoms with Gasteiger partial charge in [-0.15, -0.1) is 10.2 Å². The number of hydrogen-bond acceptors (Lipinski definition) is 4. The summed E-state index contributed by atoms with van der Waals surface area (Å²) in [6.45, 7) is 2.56. The number of nitrogens with one attached hydrogen (secondary N) is 1. The Kier molecular flexibility index (Phi) is 6.49. The second-order valence-corrected chi connectivity index (χ2v) is 5.63. The highest BCUT2D eigenvalue weighted by Crippen LogP contribution is 2.31. The summed E-state index contributed by atoms with van der Waals surface area (Å²) >= 11 is 0. The zero-order chi connectivity index (χ0) is 18.3. The maximum absolute atomic E-state index is 12.7. The number of amides is 1. The topological polar surface area (TPSA) is 72.7 Å². The summed E-state index contributed by atoms with van der Waals surface area (Å²) in [5, 5.41) is 14.2. The van der Waals surface area contributed by atoms with E-state index in [2.05, 4.69) is 27.7 Å². The van der Waals surface area contributed by atoms with Crippen LogP contribution in [0.1, 0.15) is 38.2 Å². The Hall–Kier alpha value is -2.45.